The quantitative estimate of drug-likeness (QED) is 0.463. The van der Waals surface area contributed by atoms with E-state index in [1.807, 2.05) is 19.9 Å². The molecule has 2 aliphatic carbocycles. The fourth-order valence-electron chi connectivity index (χ4n) is 5.37. The van der Waals surface area contributed by atoms with Crippen LogP contribution in [0.2, 0.25) is 0 Å². The first-order valence-electron chi connectivity index (χ1n) is 10.2. The molecule has 4 N–H and O–H groups in total. The molecule has 3 heterocycles. The Morgan fingerprint density at radius 3 is 2.67 bits per heavy atom. The predicted molar refractivity (Wildman–Crippen MR) is 114 cm³/mol. The molecule has 0 radical (unpaired) electrons. The molecule has 1 aromatic heterocycles. The van der Waals surface area contributed by atoms with Crippen molar-refractivity contribution in [3.8, 4) is 0 Å². The number of nitrogen functional groups attached to an aromatic ring is 1. The third-order valence-electron chi connectivity index (χ3n) is 6.84. The molecule has 0 bridgehead atoms. The normalized spacial score (nSPS) is 36.1. The molecule has 1 aromatic rings. The number of anilines is 1. The van der Waals surface area contributed by atoms with E-state index in [0.717, 1.165) is 0 Å². The van der Waals surface area contributed by atoms with Gasteiger partial charge < -0.3 is 21.1 Å². The minimum atomic E-state index is -1.02. The first kappa shape index (κ1) is 19.9. The van der Waals surface area contributed by atoms with E-state index in [1.165, 1.54) is 47.3 Å². The number of hydrogen-bond donors (Lipinski definition) is 3. The zero-order valence-electron chi connectivity index (χ0n) is 16.7. The second-order valence-electron chi connectivity index (χ2n) is 9.04. The van der Waals surface area contributed by atoms with Crippen LogP contribution in [0.3, 0.4) is 0 Å². The van der Waals surface area contributed by atoms with Gasteiger partial charge in [-0.15, -0.1) is 23.1 Å². The largest absolute Gasteiger partial charge is 0.480 e. The van der Waals surface area contributed by atoms with Crippen LogP contribution in [-0.4, -0.2) is 55.0 Å². The van der Waals surface area contributed by atoms with Crippen molar-refractivity contribution < 1.29 is 19.5 Å². The van der Waals surface area contributed by atoms with E-state index in [4.69, 9.17) is 5.73 Å². The number of nitrogens with one attached hydrogen (secondary N) is 1. The molecule has 0 aromatic carbocycles. The maximum atomic E-state index is 13.2. The molecule has 2 saturated carbocycles. The Balaban J connectivity index is 1.36. The highest BCUT2D eigenvalue weighted by molar-refractivity contribution is 8.01. The van der Waals surface area contributed by atoms with Crippen LogP contribution in [0.1, 0.15) is 38.8 Å². The van der Waals surface area contributed by atoms with Gasteiger partial charge in [-0.1, -0.05) is 12.5 Å². The SMILES string of the molecule is CC1(C)S[C@@H]2[C@H](NC(=O)/C(=C\C3[C@H]4CCC[C@@H]34)c3csc(N)n3)C(=O)N2[C@H]1C(=O)O. The number of amides is 2. The van der Waals surface area contributed by atoms with Crippen LogP contribution in [-0.2, 0) is 14.4 Å². The number of carboxylic acids is 1. The maximum absolute atomic E-state index is 13.2. The molecule has 5 rings (SSSR count). The summed E-state index contributed by atoms with van der Waals surface area (Å²) >= 11 is 2.69. The van der Waals surface area contributed by atoms with Gasteiger partial charge >= 0.3 is 5.97 Å². The van der Waals surface area contributed by atoms with E-state index in [0.29, 0.717) is 34.2 Å². The van der Waals surface area contributed by atoms with Crippen molar-refractivity contribution in [2.75, 3.05) is 5.73 Å². The number of aromatic nitrogens is 1. The summed E-state index contributed by atoms with van der Waals surface area (Å²) in [6, 6.07) is -1.63. The summed E-state index contributed by atoms with van der Waals surface area (Å²) in [5, 5.41) is 14.2. The highest BCUT2D eigenvalue weighted by Crippen LogP contribution is 2.59. The molecule has 0 spiro atoms. The Morgan fingerprint density at radius 2 is 2.07 bits per heavy atom. The van der Waals surface area contributed by atoms with Crippen LogP contribution in [0.5, 0.6) is 0 Å². The summed E-state index contributed by atoms with van der Waals surface area (Å²) in [5.74, 6) is -0.0434. The number of carbonyl (C=O) groups is 3. The first-order valence-corrected chi connectivity index (χ1v) is 11.9. The van der Waals surface area contributed by atoms with Crippen molar-refractivity contribution >= 4 is 51.6 Å². The van der Waals surface area contributed by atoms with Crippen LogP contribution in [0.4, 0.5) is 5.13 Å². The molecule has 4 fully saturated rings. The third-order valence-corrected chi connectivity index (χ3v) is 9.08. The molecule has 6 atom stereocenters. The van der Waals surface area contributed by atoms with E-state index in [-0.39, 0.29) is 17.2 Å². The predicted octanol–water partition coefficient (Wildman–Crippen LogP) is 1.79. The number of thiazole rings is 1. The molecule has 10 heteroatoms. The number of allylic oxidation sites excluding steroid dienone is 1. The van der Waals surface area contributed by atoms with Crippen molar-refractivity contribution in [3.63, 3.8) is 0 Å². The van der Waals surface area contributed by atoms with E-state index >= 15 is 0 Å². The van der Waals surface area contributed by atoms with E-state index in [2.05, 4.69) is 10.3 Å². The standard InChI is InChI=1S/C20H24N4O4S2/c1-20(2)14(18(27)28)24-16(26)13(17(24)30-20)23-15(25)11(12-7-29-19(21)22-12)6-10-8-4-3-5-9(8)10/h6-10,13-14,17H,3-5H2,1-2H3,(H2,21,22)(H,23,25)(H,27,28)/b11-6-/t8-,9+,10?,13-,14+,17-/m1/s1. The number of nitrogens with zero attached hydrogens (tertiary/aromatic N) is 2. The Morgan fingerprint density at radius 1 is 1.37 bits per heavy atom. The Kier molecular flexibility index (Phi) is 4.45. The van der Waals surface area contributed by atoms with Gasteiger partial charge in [-0.2, -0.15) is 0 Å². The lowest BCUT2D eigenvalue weighted by Gasteiger charge is -2.43. The zero-order chi connectivity index (χ0) is 21.4. The number of aliphatic carboxylic acids is 1. The molecule has 8 nitrogen and oxygen atoms in total. The lowest BCUT2D eigenvalue weighted by molar-refractivity contribution is -0.160. The van der Waals surface area contributed by atoms with Gasteiger partial charge in [0, 0.05) is 10.1 Å². The van der Waals surface area contributed by atoms with Crippen LogP contribution < -0.4 is 11.1 Å². The molecule has 2 saturated heterocycles. The van der Waals surface area contributed by atoms with Crippen LogP contribution >= 0.6 is 23.1 Å². The first-order chi connectivity index (χ1) is 14.2. The lowest BCUT2D eigenvalue weighted by atomic mass is 9.95. The number of hydrogen-bond acceptors (Lipinski definition) is 7. The summed E-state index contributed by atoms with van der Waals surface area (Å²) < 4.78 is -0.626. The number of β-lactam (4-membered cyclic amide) rings is 1. The maximum Gasteiger partial charge on any atom is 0.327 e. The van der Waals surface area contributed by atoms with Gasteiger partial charge in [-0.05, 0) is 44.4 Å². The second kappa shape index (κ2) is 6.71. The Hall–Kier alpha value is -2.07. The Bertz CT molecular complexity index is 964. The summed E-state index contributed by atoms with van der Waals surface area (Å²) in [6.07, 6.45) is 5.64. The van der Waals surface area contributed by atoms with Gasteiger partial charge in [0.1, 0.15) is 17.5 Å². The average molecular weight is 449 g/mol. The van der Waals surface area contributed by atoms with Crippen molar-refractivity contribution in [2.24, 2.45) is 17.8 Å². The summed E-state index contributed by atoms with van der Waals surface area (Å²) in [5.41, 5.74) is 6.79. The molecule has 2 amide bonds. The number of nitrogens with two attached hydrogens (primary N) is 1. The van der Waals surface area contributed by atoms with Gasteiger partial charge in [0.25, 0.3) is 5.91 Å². The molecule has 2 aliphatic heterocycles. The summed E-state index contributed by atoms with van der Waals surface area (Å²) in [4.78, 5) is 43.3. The highest BCUT2D eigenvalue weighted by Gasteiger charge is 2.64. The van der Waals surface area contributed by atoms with Crippen molar-refractivity contribution in [2.45, 2.75) is 55.3 Å². The molecular weight excluding hydrogens is 424 g/mol. The van der Waals surface area contributed by atoms with Crippen LogP contribution in [0.25, 0.3) is 5.57 Å². The van der Waals surface area contributed by atoms with Gasteiger partial charge in [-0.3, -0.25) is 9.59 Å². The number of fused-ring (bicyclic) bond motifs is 2. The lowest BCUT2D eigenvalue weighted by Crippen LogP contribution is -2.70. The van der Waals surface area contributed by atoms with Crippen molar-refractivity contribution in [1.29, 1.82) is 0 Å². The number of carbonyl (C=O) groups excluding carboxylic acids is 2. The molecule has 4 aliphatic rings. The van der Waals surface area contributed by atoms with Gasteiger partial charge in [0.15, 0.2) is 5.13 Å². The van der Waals surface area contributed by atoms with Crippen LogP contribution in [0.15, 0.2) is 11.5 Å². The van der Waals surface area contributed by atoms with Gasteiger partial charge in [0.2, 0.25) is 5.91 Å². The van der Waals surface area contributed by atoms with Crippen molar-refractivity contribution in [3.05, 3.63) is 17.2 Å². The molecule has 160 valence electrons. The van der Waals surface area contributed by atoms with Gasteiger partial charge in [-0.25, -0.2) is 9.78 Å². The number of carboxylic acid groups (broad SMARTS) is 1. The number of rotatable bonds is 5. The minimum Gasteiger partial charge on any atom is -0.480 e. The van der Waals surface area contributed by atoms with Crippen molar-refractivity contribution in [1.82, 2.24) is 15.2 Å². The highest BCUT2D eigenvalue weighted by atomic mass is 32.2. The fraction of sp³-hybridized carbons (Fsp3) is 0.600. The molecule has 1 unspecified atom stereocenters. The molecule has 30 heavy (non-hydrogen) atoms. The van der Waals surface area contributed by atoms with E-state index in [9.17, 15) is 19.5 Å². The van der Waals surface area contributed by atoms with E-state index < -0.39 is 22.8 Å². The monoisotopic (exact) mass is 448 g/mol. The fourth-order valence-corrected chi connectivity index (χ4v) is 7.56. The van der Waals surface area contributed by atoms with Gasteiger partial charge in [0.05, 0.1) is 11.3 Å². The minimum absolute atomic E-state index is 0.347. The topological polar surface area (TPSA) is 126 Å². The summed E-state index contributed by atoms with van der Waals surface area (Å²) in [6.45, 7) is 3.63. The van der Waals surface area contributed by atoms with Crippen LogP contribution in [0, 0.1) is 17.8 Å². The smallest absolute Gasteiger partial charge is 0.327 e. The zero-order valence-corrected chi connectivity index (χ0v) is 18.3. The summed E-state index contributed by atoms with van der Waals surface area (Å²) in [7, 11) is 0. The average Bonchev–Trinajstić information content (AvgIpc) is 3.06. The van der Waals surface area contributed by atoms with E-state index in [1.54, 1.807) is 5.38 Å². The third kappa shape index (κ3) is 2.95. The Labute approximate surface area is 182 Å². The number of thioether (sulfide) groups is 1. The second-order valence-corrected chi connectivity index (χ2v) is 11.7. The molecular formula is C20H24N4O4S2.